The number of hydrogen-bond donors (Lipinski definition) is 1. The second kappa shape index (κ2) is 4.02. The summed E-state index contributed by atoms with van der Waals surface area (Å²) in [5.74, 6) is -0.0163. The first-order chi connectivity index (χ1) is 8.20. The molecule has 0 unspecified atom stereocenters. The fraction of sp³-hybridized carbons (Fsp3) is 0.143. The molecule has 0 saturated carbocycles. The molecule has 3 rings (SSSR count). The van der Waals surface area contributed by atoms with Crippen molar-refractivity contribution in [2.45, 2.75) is 5.92 Å². The van der Waals surface area contributed by atoms with E-state index in [0.29, 0.717) is 10.0 Å². The number of rotatable bonds is 1. The summed E-state index contributed by atoms with van der Waals surface area (Å²) in [7, 11) is 0. The molecule has 86 valence electrons. The van der Waals surface area contributed by atoms with Crippen LogP contribution in [0.15, 0.2) is 36.4 Å². The number of halogens is 2. The largest absolute Gasteiger partial charge is 0.395 e. The van der Waals surface area contributed by atoms with E-state index in [0.717, 1.165) is 22.3 Å². The van der Waals surface area contributed by atoms with Gasteiger partial charge in [-0.2, -0.15) is 0 Å². The van der Waals surface area contributed by atoms with Crippen LogP contribution in [-0.2, 0) is 0 Å². The van der Waals surface area contributed by atoms with Gasteiger partial charge in [0.15, 0.2) is 0 Å². The van der Waals surface area contributed by atoms with E-state index >= 15 is 0 Å². The van der Waals surface area contributed by atoms with Crippen LogP contribution in [0.2, 0.25) is 10.0 Å². The van der Waals surface area contributed by atoms with Gasteiger partial charge in [0.05, 0.1) is 6.61 Å². The molecule has 0 atom stereocenters. The lowest BCUT2D eigenvalue weighted by molar-refractivity contribution is 0.282. The maximum Gasteiger partial charge on any atom is 0.0540 e. The molecule has 0 aromatic heterocycles. The molecular formula is C14H10Cl2O. The molecule has 1 N–H and O–H groups in total. The average molecular weight is 265 g/mol. The van der Waals surface area contributed by atoms with Crippen molar-refractivity contribution < 1.29 is 5.11 Å². The van der Waals surface area contributed by atoms with Gasteiger partial charge in [0, 0.05) is 16.0 Å². The number of benzene rings is 2. The number of aliphatic hydroxyl groups is 1. The number of fused-ring (bicyclic) bond motifs is 3. The standard InChI is InChI=1S/C14H10Cl2O/c15-8-1-3-10-11-4-2-9(16)6-13(11)14(7-17)12(10)5-8/h1-6,14,17H,7H2. The van der Waals surface area contributed by atoms with Crippen molar-refractivity contribution in [3.63, 3.8) is 0 Å². The topological polar surface area (TPSA) is 20.2 Å². The van der Waals surface area contributed by atoms with Gasteiger partial charge in [-0.3, -0.25) is 0 Å². The van der Waals surface area contributed by atoms with E-state index in [-0.39, 0.29) is 12.5 Å². The van der Waals surface area contributed by atoms with E-state index in [1.54, 1.807) is 0 Å². The molecule has 0 bridgehead atoms. The molecule has 0 saturated heterocycles. The summed E-state index contributed by atoms with van der Waals surface area (Å²) in [6.45, 7) is 0.0701. The van der Waals surface area contributed by atoms with Crippen LogP contribution in [0, 0.1) is 0 Å². The first-order valence-electron chi connectivity index (χ1n) is 5.41. The minimum Gasteiger partial charge on any atom is -0.395 e. The van der Waals surface area contributed by atoms with E-state index in [1.165, 1.54) is 0 Å². The van der Waals surface area contributed by atoms with Crippen LogP contribution in [0.4, 0.5) is 0 Å². The summed E-state index contributed by atoms with van der Waals surface area (Å²) in [4.78, 5) is 0. The Balaban J connectivity index is 2.28. The molecule has 3 heteroatoms. The highest BCUT2D eigenvalue weighted by Crippen LogP contribution is 2.46. The summed E-state index contributed by atoms with van der Waals surface area (Å²) in [6.07, 6.45) is 0. The molecule has 0 heterocycles. The molecule has 0 fully saturated rings. The normalized spacial score (nSPS) is 13.6. The van der Waals surface area contributed by atoms with Gasteiger partial charge in [-0.05, 0) is 46.5 Å². The fourth-order valence-corrected chi connectivity index (χ4v) is 2.86. The Morgan fingerprint density at radius 1 is 0.882 bits per heavy atom. The van der Waals surface area contributed by atoms with Crippen molar-refractivity contribution >= 4 is 23.2 Å². The van der Waals surface area contributed by atoms with Crippen molar-refractivity contribution in [1.82, 2.24) is 0 Å². The number of hydrogen-bond acceptors (Lipinski definition) is 1. The molecule has 2 aromatic rings. The smallest absolute Gasteiger partial charge is 0.0540 e. The summed E-state index contributed by atoms with van der Waals surface area (Å²) >= 11 is 12.0. The van der Waals surface area contributed by atoms with E-state index < -0.39 is 0 Å². The Kier molecular flexibility index (Phi) is 2.62. The third kappa shape index (κ3) is 1.66. The molecule has 17 heavy (non-hydrogen) atoms. The quantitative estimate of drug-likeness (QED) is 0.823. The summed E-state index contributed by atoms with van der Waals surface area (Å²) in [6, 6.07) is 11.6. The van der Waals surface area contributed by atoms with Gasteiger partial charge in [0.2, 0.25) is 0 Å². The number of aliphatic hydroxyl groups excluding tert-OH is 1. The van der Waals surface area contributed by atoms with Crippen molar-refractivity contribution in [2.24, 2.45) is 0 Å². The Morgan fingerprint density at radius 2 is 1.35 bits per heavy atom. The van der Waals surface area contributed by atoms with E-state index in [9.17, 15) is 5.11 Å². The summed E-state index contributed by atoms with van der Waals surface area (Å²) in [5, 5.41) is 10.9. The van der Waals surface area contributed by atoms with Crippen molar-refractivity contribution in [3.8, 4) is 11.1 Å². The highest BCUT2D eigenvalue weighted by atomic mass is 35.5. The Bertz CT molecular complexity index is 541. The van der Waals surface area contributed by atoms with Gasteiger partial charge >= 0.3 is 0 Å². The van der Waals surface area contributed by atoms with Crippen LogP contribution < -0.4 is 0 Å². The van der Waals surface area contributed by atoms with Crippen LogP contribution >= 0.6 is 23.2 Å². The van der Waals surface area contributed by atoms with Crippen LogP contribution in [0.5, 0.6) is 0 Å². The summed E-state index contributed by atoms with van der Waals surface area (Å²) in [5.41, 5.74) is 4.44. The first-order valence-corrected chi connectivity index (χ1v) is 6.16. The first kappa shape index (κ1) is 11.1. The lowest BCUT2D eigenvalue weighted by Gasteiger charge is -2.09. The van der Waals surface area contributed by atoms with Gasteiger partial charge in [-0.1, -0.05) is 35.3 Å². The van der Waals surface area contributed by atoms with Gasteiger partial charge < -0.3 is 5.11 Å². The van der Waals surface area contributed by atoms with Crippen molar-refractivity contribution in [3.05, 3.63) is 57.6 Å². The van der Waals surface area contributed by atoms with Crippen LogP contribution in [-0.4, -0.2) is 11.7 Å². The minimum absolute atomic E-state index is 0.0163. The Morgan fingerprint density at radius 3 is 1.76 bits per heavy atom. The molecule has 0 amide bonds. The third-order valence-electron chi connectivity index (χ3n) is 3.25. The molecule has 1 nitrogen and oxygen atoms in total. The Labute approximate surface area is 110 Å². The van der Waals surface area contributed by atoms with Gasteiger partial charge in [0.1, 0.15) is 0 Å². The van der Waals surface area contributed by atoms with Gasteiger partial charge in [0.25, 0.3) is 0 Å². The SMILES string of the molecule is OCC1c2cc(Cl)ccc2-c2ccc(Cl)cc21. The van der Waals surface area contributed by atoms with E-state index in [2.05, 4.69) is 0 Å². The predicted octanol–water partition coefficient (Wildman–Crippen LogP) is 4.10. The summed E-state index contributed by atoms with van der Waals surface area (Å²) < 4.78 is 0. The maximum atomic E-state index is 9.56. The molecule has 0 radical (unpaired) electrons. The van der Waals surface area contributed by atoms with Crippen LogP contribution in [0.25, 0.3) is 11.1 Å². The molecule has 2 aromatic carbocycles. The third-order valence-corrected chi connectivity index (χ3v) is 3.72. The minimum atomic E-state index is -0.0163. The zero-order valence-corrected chi connectivity index (χ0v) is 10.5. The molecule has 1 aliphatic rings. The van der Waals surface area contributed by atoms with Crippen molar-refractivity contribution in [2.75, 3.05) is 6.61 Å². The second-order valence-corrected chi connectivity index (χ2v) is 5.07. The lowest BCUT2D eigenvalue weighted by Crippen LogP contribution is -2.01. The molecule has 1 aliphatic carbocycles. The monoisotopic (exact) mass is 264 g/mol. The van der Waals surface area contributed by atoms with Gasteiger partial charge in [-0.15, -0.1) is 0 Å². The van der Waals surface area contributed by atoms with Gasteiger partial charge in [-0.25, -0.2) is 0 Å². The molecule has 0 aliphatic heterocycles. The highest BCUT2D eigenvalue weighted by Gasteiger charge is 2.28. The second-order valence-electron chi connectivity index (χ2n) is 4.20. The van der Waals surface area contributed by atoms with Crippen LogP contribution in [0.1, 0.15) is 17.0 Å². The molecular weight excluding hydrogens is 255 g/mol. The molecule has 0 spiro atoms. The Hall–Kier alpha value is -1.02. The predicted molar refractivity (Wildman–Crippen MR) is 70.8 cm³/mol. The van der Waals surface area contributed by atoms with Crippen molar-refractivity contribution in [1.29, 1.82) is 0 Å². The zero-order chi connectivity index (χ0) is 12.0. The lowest BCUT2D eigenvalue weighted by atomic mass is 9.98. The zero-order valence-electron chi connectivity index (χ0n) is 8.95. The average Bonchev–Trinajstić information content (AvgIpc) is 2.60. The maximum absolute atomic E-state index is 9.56. The fourth-order valence-electron chi connectivity index (χ4n) is 2.50. The highest BCUT2D eigenvalue weighted by molar-refractivity contribution is 6.31. The van der Waals surface area contributed by atoms with E-state index in [4.69, 9.17) is 23.2 Å². The van der Waals surface area contributed by atoms with Crippen LogP contribution in [0.3, 0.4) is 0 Å². The van der Waals surface area contributed by atoms with E-state index in [1.807, 2.05) is 36.4 Å².